The van der Waals surface area contributed by atoms with Gasteiger partial charge in [0, 0.05) is 17.1 Å². The lowest BCUT2D eigenvalue weighted by atomic mass is 9.88. The summed E-state index contributed by atoms with van der Waals surface area (Å²) in [5.41, 5.74) is 7.40. The van der Waals surface area contributed by atoms with Crippen molar-refractivity contribution >= 4 is 11.6 Å². The molecule has 106 valence electrons. The fourth-order valence-corrected chi connectivity index (χ4v) is 3.34. The molecule has 2 nitrogen and oxygen atoms in total. The number of benzene rings is 1. The molecule has 0 bridgehead atoms. The third-order valence-corrected chi connectivity index (χ3v) is 4.47. The van der Waals surface area contributed by atoms with Gasteiger partial charge in [-0.2, -0.15) is 0 Å². The van der Waals surface area contributed by atoms with Gasteiger partial charge < -0.3 is 5.73 Å². The molecule has 1 aromatic rings. The van der Waals surface area contributed by atoms with Crippen molar-refractivity contribution in [3.8, 4) is 0 Å². The Kier molecular flexibility index (Phi) is 5.26. The average molecular weight is 281 g/mol. The number of nitrogens with zero attached hydrogens (tertiary/aromatic N) is 1. The lowest BCUT2D eigenvalue weighted by Gasteiger charge is -2.38. The molecule has 1 heterocycles. The monoisotopic (exact) mass is 280 g/mol. The summed E-state index contributed by atoms with van der Waals surface area (Å²) in [5, 5.41) is 0.803. The third-order valence-electron chi connectivity index (χ3n) is 4.22. The molecular weight excluding hydrogens is 256 g/mol. The summed E-state index contributed by atoms with van der Waals surface area (Å²) in [5.74, 6) is 0.547. The van der Waals surface area contributed by atoms with Gasteiger partial charge in [-0.25, -0.2) is 0 Å². The van der Waals surface area contributed by atoms with Gasteiger partial charge in [-0.05, 0) is 63.4 Å². The molecule has 0 radical (unpaired) electrons. The van der Waals surface area contributed by atoms with Gasteiger partial charge in [0.05, 0.1) is 0 Å². The Hall–Kier alpha value is -0.570. The van der Waals surface area contributed by atoms with E-state index in [9.17, 15) is 0 Å². The zero-order valence-corrected chi connectivity index (χ0v) is 12.7. The van der Waals surface area contributed by atoms with Crippen LogP contribution in [0.15, 0.2) is 24.3 Å². The number of likely N-dealkylation sites (tertiary alicyclic amines) is 1. The zero-order chi connectivity index (χ0) is 13.8. The summed E-state index contributed by atoms with van der Waals surface area (Å²) in [6.45, 7) is 6.49. The number of nitrogens with two attached hydrogens (primary N) is 1. The first kappa shape index (κ1) is 14.8. The Labute approximate surface area is 121 Å². The largest absolute Gasteiger partial charge is 0.330 e. The minimum Gasteiger partial charge on any atom is -0.330 e. The molecule has 1 fully saturated rings. The standard InChI is InChI=1S/C16H25ClN2/c1-12(2)19-10-4-3-5-14(11-18)16(19)13-6-8-15(17)9-7-13/h6-9,12,14,16H,3-5,10-11,18H2,1-2H3. The topological polar surface area (TPSA) is 29.3 Å². The quantitative estimate of drug-likeness (QED) is 0.911. The Balaban J connectivity index is 2.34. The molecule has 2 rings (SSSR count). The molecular formula is C16H25ClN2. The van der Waals surface area contributed by atoms with Crippen LogP contribution in [0.1, 0.15) is 44.7 Å². The fourth-order valence-electron chi connectivity index (χ4n) is 3.22. The average Bonchev–Trinajstić information content (AvgIpc) is 2.61. The van der Waals surface area contributed by atoms with Crippen LogP contribution in [-0.4, -0.2) is 24.0 Å². The molecule has 19 heavy (non-hydrogen) atoms. The molecule has 1 aromatic carbocycles. The van der Waals surface area contributed by atoms with E-state index in [1.807, 2.05) is 12.1 Å². The first-order chi connectivity index (χ1) is 9.13. The van der Waals surface area contributed by atoms with E-state index in [-0.39, 0.29) is 0 Å². The maximum absolute atomic E-state index is 6.04. The van der Waals surface area contributed by atoms with E-state index in [2.05, 4.69) is 30.9 Å². The molecule has 2 N–H and O–H groups in total. The number of hydrogen-bond acceptors (Lipinski definition) is 2. The second-order valence-corrected chi connectivity index (χ2v) is 6.26. The van der Waals surface area contributed by atoms with Gasteiger partial charge in [0.1, 0.15) is 0 Å². The lowest BCUT2D eigenvalue weighted by molar-refractivity contribution is 0.121. The second-order valence-electron chi connectivity index (χ2n) is 5.82. The molecule has 0 aliphatic carbocycles. The van der Waals surface area contributed by atoms with E-state index in [1.165, 1.54) is 31.4 Å². The van der Waals surface area contributed by atoms with Crippen LogP contribution in [0.3, 0.4) is 0 Å². The Bertz CT molecular complexity index is 388. The van der Waals surface area contributed by atoms with Gasteiger partial charge in [0.2, 0.25) is 0 Å². The Morgan fingerprint density at radius 2 is 1.95 bits per heavy atom. The summed E-state index contributed by atoms with van der Waals surface area (Å²) in [6.07, 6.45) is 3.79. The van der Waals surface area contributed by atoms with Gasteiger partial charge >= 0.3 is 0 Å². The highest BCUT2D eigenvalue weighted by Crippen LogP contribution is 2.36. The molecule has 3 heteroatoms. The number of rotatable bonds is 3. The third kappa shape index (κ3) is 3.50. The maximum Gasteiger partial charge on any atom is 0.0406 e. The molecule has 2 unspecified atom stereocenters. The van der Waals surface area contributed by atoms with Gasteiger partial charge in [0.25, 0.3) is 0 Å². The van der Waals surface area contributed by atoms with Gasteiger partial charge in [-0.1, -0.05) is 30.2 Å². The number of hydrogen-bond donors (Lipinski definition) is 1. The Morgan fingerprint density at radius 3 is 2.53 bits per heavy atom. The van der Waals surface area contributed by atoms with Crippen LogP contribution in [0.2, 0.25) is 5.02 Å². The van der Waals surface area contributed by atoms with Crippen molar-refractivity contribution < 1.29 is 0 Å². The first-order valence-corrected chi connectivity index (χ1v) is 7.72. The van der Waals surface area contributed by atoms with Crippen molar-refractivity contribution in [2.75, 3.05) is 13.1 Å². The molecule has 2 atom stereocenters. The van der Waals surface area contributed by atoms with Gasteiger partial charge in [-0.3, -0.25) is 4.90 Å². The van der Waals surface area contributed by atoms with Crippen molar-refractivity contribution in [3.05, 3.63) is 34.9 Å². The predicted octanol–water partition coefficient (Wildman–Crippen LogP) is 3.85. The molecule has 1 aliphatic heterocycles. The highest BCUT2D eigenvalue weighted by molar-refractivity contribution is 6.30. The van der Waals surface area contributed by atoms with Crippen molar-refractivity contribution in [2.45, 2.75) is 45.2 Å². The van der Waals surface area contributed by atoms with Crippen molar-refractivity contribution in [2.24, 2.45) is 11.7 Å². The minimum atomic E-state index is 0.435. The van der Waals surface area contributed by atoms with Crippen LogP contribution in [0, 0.1) is 5.92 Å². The van der Waals surface area contributed by atoms with Crippen molar-refractivity contribution in [1.82, 2.24) is 4.90 Å². The summed E-state index contributed by atoms with van der Waals surface area (Å²) in [4.78, 5) is 2.60. The molecule has 0 amide bonds. The zero-order valence-electron chi connectivity index (χ0n) is 12.0. The molecule has 1 aliphatic rings. The van der Waals surface area contributed by atoms with E-state index in [4.69, 9.17) is 17.3 Å². The van der Waals surface area contributed by atoms with E-state index < -0.39 is 0 Å². The van der Waals surface area contributed by atoms with Crippen LogP contribution in [0.4, 0.5) is 0 Å². The SMILES string of the molecule is CC(C)N1CCCCC(CN)C1c1ccc(Cl)cc1. The Morgan fingerprint density at radius 1 is 1.26 bits per heavy atom. The predicted molar refractivity (Wildman–Crippen MR) is 82.4 cm³/mol. The van der Waals surface area contributed by atoms with E-state index >= 15 is 0 Å². The van der Waals surface area contributed by atoms with Crippen LogP contribution in [0.5, 0.6) is 0 Å². The number of halogens is 1. The van der Waals surface area contributed by atoms with E-state index in [0.29, 0.717) is 18.0 Å². The molecule has 0 saturated carbocycles. The van der Waals surface area contributed by atoms with Crippen molar-refractivity contribution in [3.63, 3.8) is 0 Å². The summed E-state index contributed by atoms with van der Waals surface area (Å²) in [7, 11) is 0. The van der Waals surface area contributed by atoms with Crippen LogP contribution >= 0.6 is 11.6 Å². The smallest absolute Gasteiger partial charge is 0.0406 e. The summed E-state index contributed by atoms with van der Waals surface area (Å²) in [6, 6.07) is 9.30. The highest BCUT2D eigenvalue weighted by Gasteiger charge is 2.31. The van der Waals surface area contributed by atoms with Gasteiger partial charge in [-0.15, -0.1) is 0 Å². The summed E-state index contributed by atoms with van der Waals surface area (Å²) >= 11 is 6.01. The van der Waals surface area contributed by atoms with Crippen molar-refractivity contribution in [1.29, 1.82) is 0 Å². The van der Waals surface area contributed by atoms with Crippen LogP contribution in [-0.2, 0) is 0 Å². The summed E-state index contributed by atoms with van der Waals surface area (Å²) < 4.78 is 0. The highest BCUT2D eigenvalue weighted by atomic mass is 35.5. The molecule has 0 spiro atoms. The fraction of sp³-hybridized carbons (Fsp3) is 0.625. The van der Waals surface area contributed by atoms with E-state index in [0.717, 1.165) is 11.6 Å². The van der Waals surface area contributed by atoms with Crippen LogP contribution in [0.25, 0.3) is 0 Å². The normalized spacial score (nSPS) is 25.5. The second kappa shape index (κ2) is 6.74. The van der Waals surface area contributed by atoms with Gasteiger partial charge in [0.15, 0.2) is 0 Å². The van der Waals surface area contributed by atoms with E-state index in [1.54, 1.807) is 0 Å². The first-order valence-electron chi connectivity index (χ1n) is 7.34. The minimum absolute atomic E-state index is 0.435. The molecule has 0 aromatic heterocycles. The molecule has 1 saturated heterocycles. The van der Waals surface area contributed by atoms with Crippen LogP contribution < -0.4 is 5.73 Å². The lowest BCUT2D eigenvalue weighted by Crippen LogP contribution is -2.39. The maximum atomic E-state index is 6.04.